The van der Waals surface area contributed by atoms with Gasteiger partial charge in [0.25, 0.3) is 0 Å². The SMILES string of the molecule is C[N-]S(=O)(=O)c1ccccc1C(=O)OC.[Na+]. The van der Waals surface area contributed by atoms with Crippen molar-refractivity contribution in [1.29, 1.82) is 0 Å². The molecule has 0 bridgehead atoms. The third-order valence-electron chi connectivity index (χ3n) is 1.81. The third kappa shape index (κ3) is 3.29. The molecule has 0 amide bonds. The number of nitrogens with zero attached hydrogens (tertiary/aromatic N) is 1. The Morgan fingerprint density at radius 3 is 2.38 bits per heavy atom. The number of methoxy groups -OCH3 is 1. The third-order valence-corrected chi connectivity index (χ3v) is 3.20. The Kier molecular flexibility index (Phi) is 6.20. The van der Waals surface area contributed by atoms with Gasteiger partial charge in [0.15, 0.2) is 0 Å². The van der Waals surface area contributed by atoms with Crippen LogP contribution in [0.4, 0.5) is 0 Å². The monoisotopic (exact) mass is 251 g/mol. The molecule has 0 saturated carbocycles. The zero-order valence-electron chi connectivity index (χ0n) is 9.30. The first-order chi connectivity index (χ1) is 7.03. The van der Waals surface area contributed by atoms with Gasteiger partial charge in [-0.25, -0.2) is 13.2 Å². The molecule has 7 heteroatoms. The number of hydrogen-bond donors (Lipinski definition) is 0. The number of hydrogen-bond acceptors (Lipinski definition) is 4. The van der Waals surface area contributed by atoms with Crippen LogP contribution >= 0.6 is 0 Å². The molecule has 0 aliphatic heterocycles. The van der Waals surface area contributed by atoms with Crippen LogP contribution in [0.2, 0.25) is 0 Å². The molecule has 0 aliphatic rings. The van der Waals surface area contributed by atoms with Crippen LogP contribution in [0.3, 0.4) is 0 Å². The number of ether oxygens (including phenoxy) is 1. The summed E-state index contributed by atoms with van der Waals surface area (Å²) < 4.78 is 30.6. The first kappa shape index (κ1) is 15.6. The molecule has 0 N–H and O–H groups in total. The predicted octanol–water partition coefficient (Wildman–Crippen LogP) is -1.83. The van der Waals surface area contributed by atoms with Crippen LogP contribution in [-0.4, -0.2) is 28.5 Å². The van der Waals surface area contributed by atoms with Crippen LogP contribution in [0.1, 0.15) is 10.4 Å². The molecule has 0 fully saturated rings. The zero-order valence-corrected chi connectivity index (χ0v) is 12.1. The minimum atomic E-state index is -3.76. The molecule has 0 spiro atoms. The fourth-order valence-electron chi connectivity index (χ4n) is 1.07. The van der Waals surface area contributed by atoms with E-state index in [-0.39, 0.29) is 40.0 Å². The molecule has 0 saturated heterocycles. The Balaban J connectivity index is 0.00000225. The summed E-state index contributed by atoms with van der Waals surface area (Å²) in [5.74, 6) is -0.696. The van der Waals surface area contributed by atoms with Crippen molar-refractivity contribution in [2.45, 2.75) is 4.90 Å². The van der Waals surface area contributed by atoms with Gasteiger partial charge in [-0.3, -0.25) is 0 Å². The minimum absolute atomic E-state index is 0. The summed E-state index contributed by atoms with van der Waals surface area (Å²) >= 11 is 0. The van der Waals surface area contributed by atoms with E-state index in [4.69, 9.17) is 0 Å². The van der Waals surface area contributed by atoms with Gasteiger partial charge in [-0.15, -0.1) is 0 Å². The molecule has 0 heterocycles. The molecule has 82 valence electrons. The fraction of sp³-hybridized carbons (Fsp3) is 0.222. The maximum atomic E-state index is 11.5. The topological polar surface area (TPSA) is 74.5 Å². The van der Waals surface area contributed by atoms with E-state index in [2.05, 4.69) is 9.46 Å². The van der Waals surface area contributed by atoms with Gasteiger partial charge in [-0.05, 0) is 12.1 Å². The molecule has 1 aromatic rings. The number of esters is 1. The standard InChI is InChI=1S/C9H10NO4S.Na/c1-10-15(12,13)8-6-4-3-5-7(8)9(11)14-2;/h3-6H,1-2H3;/q-1;+1. The van der Waals surface area contributed by atoms with Crippen LogP contribution in [0.5, 0.6) is 0 Å². The van der Waals surface area contributed by atoms with E-state index < -0.39 is 16.0 Å². The number of sulfonamides is 1. The van der Waals surface area contributed by atoms with Gasteiger partial charge in [-0.1, -0.05) is 12.1 Å². The van der Waals surface area contributed by atoms with Crippen molar-refractivity contribution in [1.82, 2.24) is 0 Å². The number of carbonyl (C=O) groups is 1. The van der Waals surface area contributed by atoms with E-state index in [0.717, 1.165) is 7.05 Å². The Labute approximate surface area is 117 Å². The molecule has 0 aromatic heterocycles. The van der Waals surface area contributed by atoms with Crippen molar-refractivity contribution >= 4 is 16.0 Å². The molecule has 1 rings (SSSR count). The second-order valence-corrected chi connectivity index (χ2v) is 4.40. The predicted molar refractivity (Wildman–Crippen MR) is 54.3 cm³/mol. The van der Waals surface area contributed by atoms with E-state index in [1.54, 1.807) is 6.07 Å². The zero-order chi connectivity index (χ0) is 11.5. The van der Waals surface area contributed by atoms with Gasteiger partial charge in [0.05, 0.1) is 17.6 Å². The van der Waals surface area contributed by atoms with Crippen LogP contribution in [0.15, 0.2) is 29.2 Å². The van der Waals surface area contributed by atoms with E-state index >= 15 is 0 Å². The van der Waals surface area contributed by atoms with Crippen LogP contribution in [0, 0.1) is 0 Å². The second-order valence-electron chi connectivity index (χ2n) is 2.65. The molecular formula is C9H10NNaO4S. The summed E-state index contributed by atoms with van der Waals surface area (Å²) in [6, 6.07) is 5.77. The van der Waals surface area contributed by atoms with Crippen molar-refractivity contribution in [3.8, 4) is 0 Å². The number of rotatable bonds is 3. The Hall–Kier alpha value is -0.400. The molecule has 5 nitrogen and oxygen atoms in total. The first-order valence-corrected chi connectivity index (χ1v) is 5.50. The fourth-order valence-corrected chi connectivity index (χ4v) is 1.95. The summed E-state index contributed by atoms with van der Waals surface area (Å²) in [5, 5.41) is 0. The molecular weight excluding hydrogens is 241 g/mol. The summed E-state index contributed by atoms with van der Waals surface area (Å²) in [5.41, 5.74) is -0.00870. The van der Waals surface area contributed by atoms with Gasteiger partial charge in [0, 0.05) is 0 Å². The largest absolute Gasteiger partial charge is 1.00 e. The van der Waals surface area contributed by atoms with Crippen LogP contribution < -0.4 is 29.6 Å². The van der Waals surface area contributed by atoms with Gasteiger partial charge in [0.1, 0.15) is 10.0 Å². The average Bonchev–Trinajstić information content (AvgIpc) is 2.28. The Morgan fingerprint density at radius 2 is 1.88 bits per heavy atom. The summed E-state index contributed by atoms with van der Waals surface area (Å²) in [4.78, 5) is 11.1. The summed E-state index contributed by atoms with van der Waals surface area (Å²) in [7, 11) is -1.41. The molecule has 0 aliphatic carbocycles. The smallest absolute Gasteiger partial charge is 0.547 e. The van der Waals surface area contributed by atoms with E-state index in [9.17, 15) is 13.2 Å². The first-order valence-electron chi connectivity index (χ1n) is 4.06. The molecule has 0 atom stereocenters. The molecule has 0 radical (unpaired) electrons. The number of carbonyl (C=O) groups excluding carboxylic acids is 1. The maximum Gasteiger partial charge on any atom is 1.00 e. The normalized spacial score (nSPS) is 10.4. The van der Waals surface area contributed by atoms with Crippen molar-refractivity contribution in [3.63, 3.8) is 0 Å². The van der Waals surface area contributed by atoms with Gasteiger partial charge in [-0.2, -0.15) is 7.05 Å². The molecule has 1 aromatic carbocycles. The van der Waals surface area contributed by atoms with Crippen molar-refractivity contribution < 1.29 is 47.5 Å². The minimum Gasteiger partial charge on any atom is -0.547 e. The van der Waals surface area contributed by atoms with Gasteiger partial charge >= 0.3 is 35.5 Å². The second kappa shape index (κ2) is 6.36. The molecule has 0 unspecified atom stereocenters. The Bertz CT molecular complexity index is 472. The van der Waals surface area contributed by atoms with Crippen LogP contribution in [0.25, 0.3) is 4.72 Å². The van der Waals surface area contributed by atoms with E-state index in [1.807, 2.05) is 0 Å². The summed E-state index contributed by atoms with van der Waals surface area (Å²) in [6.45, 7) is 0. The van der Waals surface area contributed by atoms with E-state index in [1.165, 1.54) is 25.3 Å². The Morgan fingerprint density at radius 1 is 1.31 bits per heavy atom. The van der Waals surface area contributed by atoms with Crippen molar-refractivity contribution in [2.24, 2.45) is 0 Å². The average molecular weight is 251 g/mol. The van der Waals surface area contributed by atoms with Gasteiger partial charge < -0.3 is 9.46 Å². The van der Waals surface area contributed by atoms with Crippen molar-refractivity contribution in [2.75, 3.05) is 14.2 Å². The van der Waals surface area contributed by atoms with Crippen LogP contribution in [-0.2, 0) is 14.8 Å². The molecule has 16 heavy (non-hydrogen) atoms. The van der Waals surface area contributed by atoms with E-state index in [0.29, 0.717) is 0 Å². The number of benzene rings is 1. The van der Waals surface area contributed by atoms with Crippen molar-refractivity contribution in [3.05, 3.63) is 34.6 Å². The van der Waals surface area contributed by atoms with Gasteiger partial charge in [0.2, 0.25) is 0 Å². The summed E-state index contributed by atoms with van der Waals surface area (Å²) in [6.07, 6.45) is 0. The maximum absolute atomic E-state index is 11.5. The quantitative estimate of drug-likeness (QED) is 0.468.